The molecule has 0 aliphatic heterocycles. The molecule has 1 amide bonds. The molecule has 0 radical (unpaired) electrons. The highest BCUT2D eigenvalue weighted by Gasteiger charge is 2.22. The Labute approximate surface area is 106 Å². The van der Waals surface area contributed by atoms with Gasteiger partial charge in [-0.3, -0.25) is 0 Å². The van der Waals surface area contributed by atoms with Gasteiger partial charge in [-0.15, -0.1) is 0 Å². The Morgan fingerprint density at radius 3 is 2.56 bits per heavy atom. The van der Waals surface area contributed by atoms with Gasteiger partial charge in [0.2, 0.25) is 0 Å². The summed E-state index contributed by atoms with van der Waals surface area (Å²) >= 11 is 0. The lowest BCUT2D eigenvalue weighted by Gasteiger charge is -2.16. The first-order chi connectivity index (χ1) is 8.36. The third kappa shape index (κ3) is 6.25. The molecule has 106 valence electrons. The van der Waals surface area contributed by atoms with Gasteiger partial charge >= 0.3 is 16.3 Å². The predicted octanol–water partition coefficient (Wildman–Crippen LogP) is -0.518. The van der Waals surface area contributed by atoms with E-state index in [2.05, 4.69) is 14.6 Å². The molecule has 1 unspecified atom stereocenters. The van der Waals surface area contributed by atoms with Crippen LogP contribution in [0.15, 0.2) is 5.16 Å². The average molecular weight is 282 g/mol. The Bertz CT molecular complexity index is 394. The summed E-state index contributed by atoms with van der Waals surface area (Å²) < 4.78 is 31.1. The van der Waals surface area contributed by atoms with Crippen molar-refractivity contribution in [3.8, 4) is 0 Å². The fraction of sp³-hybridized carbons (Fsp3) is 0.750. The molecule has 0 aliphatic rings. The lowest BCUT2D eigenvalue weighted by atomic mass is 10.2. The lowest BCUT2D eigenvalue weighted by Crippen LogP contribution is -2.50. The van der Waals surface area contributed by atoms with Crippen LogP contribution in [0.25, 0.3) is 0 Å². The Morgan fingerprint density at radius 2 is 2.11 bits per heavy atom. The molecule has 1 atom stereocenters. The van der Waals surface area contributed by atoms with Crippen LogP contribution in [0.2, 0.25) is 0 Å². The predicted molar refractivity (Wildman–Crippen MR) is 64.3 cm³/mol. The summed E-state index contributed by atoms with van der Waals surface area (Å²) in [5.74, 6) is -0.286. The summed E-state index contributed by atoms with van der Waals surface area (Å²) in [5, 5.41) is 11.2. The summed E-state index contributed by atoms with van der Waals surface area (Å²) in [6.07, 6.45) is -0.178. The van der Waals surface area contributed by atoms with E-state index in [4.69, 9.17) is 10.9 Å². The van der Waals surface area contributed by atoms with Gasteiger partial charge in [0.15, 0.2) is 5.84 Å². The van der Waals surface area contributed by atoms with E-state index in [1.54, 1.807) is 11.6 Å². The normalized spacial score (nSPS) is 14.0. The molecule has 0 aromatic rings. The van der Waals surface area contributed by atoms with Crippen LogP contribution >= 0.6 is 0 Å². The average Bonchev–Trinajstić information content (AvgIpc) is 2.26. The van der Waals surface area contributed by atoms with Crippen LogP contribution in [-0.4, -0.2) is 38.2 Å². The van der Waals surface area contributed by atoms with Crippen LogP contribution < -0.4 is 15.2 Å². The van der Waals surface area contributed by atoms with Crippen LogP contribution in [-0.2, 0) is 14.9 Å². The van der Waals surface area contributed by atoms with Crippen molar-refractivity contribution < 1.29 is 23.2 Å². The van der Waals surface area contributed by atoms with E-state index >= 15 is 0 Å². The van der Waals surface area contributed by atoms with E-state index in [-0.39, 0.29) is 12.4 Å². The number of carbonyl (C=O) groups excluding carboxylic acids is 1. The van der Waals surface area contributed by atoms with Crippen molar-refractivity contribution in [1.29, 1.82) is 0 Å². The van der Waals surface area contributed by atoms with E-state index in [0.717, 1.165) is 0 Å². The first-order valence-corrected chi connectivity index (χ1v) is 6.78. The quantitative estimate of drug-likeness (QED) is 0.214. The number of ether oxygens (including phenoxy) is 1. The SMILES string of the molecule is CCCC(NS(=O)(=O)NC(=O)OCC)C(N)=NO. The zero-order chi connectivity index (χ0) is 14.2. The molecule has 0 spiro atoms. The van der Waals surface area contributed by atoms with Gasteiger partial charge in [-0.25, -0.2) is 9.52 Å². The third-order valence-corrected chi connectivity index (χ3v) is 2.87. The van der Waals surface area contributed by atoms with Crippen LogP contribution in [0.1, 0.15) is 26.7 Å². The molecule has 18 heavy (non-hydrogen) atoms. The van der Waals surface area contributed by atoms with Gasteiger partial charge in [-0.1, -0.05) is 18.5 Å². The minimum Gasteiger partial charge on any atom is -0.449 e. The van der Waals surface area contributed by atoms with Gasteiger partial charge in [-0.2, -0.15) is 13.1 Å². The number of amides is 1. The summed E-state index contributed by atoms with van der Waals surface area (Å²) in [7, 11) is -4.13. The van der Waals surface area contributed by atoms with E-state index in [9.17, 15) is 13.2 Å². The number of hydrogen-bond donors (Lipinski definition) is 4. The van der Waals surface area contributed by atoms with Crippen LogP contribution in [0, 0.1) is 0 Å². The number of oxime groups is 1. The first-order valence-electron chi connectivity index (χ1n) is 5.30. The molecule has 0 aromatic heterocycles. The van der Waals surface area contributed by atoms with Crippen LogP contribution in [0.5, 0.6) is 0 Å². The van der Waals surface area contributed by atoms with Gasteiger partial charge in [0.05, 0.1) is 12.6 Å². The number of rotatable bonds is 7. The molecule has 0 fully saturated rings. The fourth-order valence-corrected chi connectivity index (χ4v) is 2.06. The van der Waals surface area contributed by atoms with E-state index < -0.39 is 22.3 Å². The highest BCUT2D eigenvalue weighted by atomic mass is 32.2. The maximum absolute atomic E-state index is 11.5. The molecule has 5 N–H and O–H groups in total. The molecule has 0 heterocycles. The number of nitrogens with two attached hydrogens (primary N) is 1. The minimum absolute atomic E-state index is 0.0416. The van der Waals surface area contributed by atoms with E-state index in [1.165, 1.54) is 6.92 Å². The van der Waals surface area contributed by atoms with Crippen molar-refractivity contribution in [1.82, 2.24) is 9.44 Å². The van der Waals surface area contributed by atoms with Gasteiger partial charge in [-0.05, 0) is 13.3 Å². The Kier molecular flexibility index (Phi) is 7.05. The van der Waals surface area contributed by atoms with Crippen LogP contribution in [0.4, 0.5) is 4.79 Å². The van der Waals surface area contributed by atoms with Crippen molar-refractivity contribution in [2.24, 2.45) is 10.9 Å². The Hall–Kier alpha value is -1.55. The van der Waals surface area contributed by atoms with Crippen molar-refractivity contribution >= 4 is 22.1 Å². The monoisotopic (exact) mass is 282 g/mol. The molecule has 0 saturated carbocycles. The van der Waals surface area contributed by atoms with Crippen molar-refractivity contribution in [3.63, 3.8) is 0 Å². The van der Waals surface area contributed by atoms with Crippen molar-refractivity contribution in [2.75, 3.05) is 6.61 Å². The first kappa shape index (κ1) is 16.4. The molecule has 0 bridgehead atoms. The summed E-state index contributed by atoms with van der Waals surface area (Å²) in [4.78, 5) is 11.0. The molecule has 0 saturated heterocycles. The number of nitrogens with zero attached hydrogens (tertiary/aromatic N) is 1. The number of nitrogens with one attached hydrogen (secondary N) is 2. The van der Waals surface area contributed by atoms with E-state index in [0.29, 0.717) is 12.8 Å². The molecule has 0 aromatic carbocycles. The van der Waals surface area contributed by atoms with Crippen molar-refractivity contribution in [2.45, 2.75) is 32.7 Å². The van der Waals surface area contributed by atoms with Crippen LogP contribution in [0.3, 0.4) is 0 Å². The topological polar surface area (TPSA) is 143 Å². The second-order valence-electron chi connectivity index (χ2n) is 3.31. The second kappa shape index (κ2) is 7.71. The van der Waals surface area contributed by atoms with E-state index in [1.807, 2.05) is 0 Å². The summed E-state index contributed by atoms with van der Waals surface area (Å²) in [5.41, 5.74) is 5.33. The molecular formula is C8H18N4O5S. The largest absolute Gasteiger partial charge is 0.449 e. The minimum atomic E-state index is -4.13. The smallest absolute Gasteiger partial charge is 0.421 e. The van der Waals surface area contributed by atoms with Crippen molar-refractivity contribution in [3.05, 3.63) is 0 Å². The maximum Gasteiger partial charge on any atom is 0.421 e. The third-order valence-electron chi connectivity index (χ3n) is 1.84. The number of carbonyl (C=O) groups is 1. The van der Waals surface area contributed by atoms with Gasteiger partial charge in [0.1, 0.15) is 0 Å². The second-order valence-corrected chi connectivity index (χ2v) is 4.76. The lowest BCUT2D eigenvalue weighted by molar-refractivity contribution is 0.158. The highest BCUT2D eigenvalue weighted by Crippen LogP contribution is 1.99. The zero-order valence-corrected chi connectivity index (χ0v) is 11.0. The molecular weight excluding hydrogens is 264 g/mol. The maximum atomic E-state index is 11.5. The zero-order valence-electron chi connectivity index (χ0n) is 10.2. The molecule has 0 rings (SSSR count). The molecule has 10 heteroatoms. The summed E-state index contributed by atoms with van der Waals surface area (Å²) in [6, 6.07) is -0.896. The Balaban J connectivity index is 4.66. The fourth-order valence-electron chi connectivity index (χ4n) is 1.11. The van der Waals surface area contributed by atoms with Gasteiger partial charge < -0.3 is 15.7 Å². The van der Waals surface area contributed by atoms with Gasteiger partial charge in [0, 0.05) is 0 Å². The Morgan fingerprint density at radius 1 is 1.50 bits per heavy atom. The summed E-state index contributed by atoms with van der Waals surface area (Å²) in [6.45, 7) is 3.38. The molecule has 0 aliphatic carbocycles. The number of amidine groups is 1. The molecule has 9 nitrogen and oxygen atoms in total. The van der Waals surface area contributed by atoms with Gasteiger partial charge in [0.25, 0.3) is 0 Å². The highest BCUT2D eigenvalue weighted by molar-refractivity contribution is 7.88. The number of hydrogen-bond acceptors (Lipinski definition) is 6. The standard InChI is InChI=1S/C8H18N4O5S/c1-3-5-6(7(9)10-14)11-18(15,16)12-8(13)17-4-2/h6,11,14H,3-5H2,1-2H3,(H2,9,10)(H,12,13).